The van der Waals surface area contributed by atoms with Gasteiger partial charge in [-0.2, -0.15) is 5.10 Å². The van der Waals surface area contributed by atoms with E-state index in [1.54, 1.807) is 36.4 Å². The molecule has 0 spiro atoms. The zero-order valence-electron chi connectivity index (χ0n) is 10.9. The monoisotopic (exact) mass is 270 g/mol. The van der Waals surface area contributed by atoms with Gasteiger partial charge in [-0.15, -0.1) is 0 Å². The summed E-state index contributed by atoms with van der Waals surface area (Å²) in [5, 5.41) is 22.2. The van der Waals surface area contributed by atoms with Crippen molar-refractivity contribution in [3.8, 4) is 5.75 Å². The van der Waals surface area contributed by atoms with Gasteiger partial charge in [0.05, 0.1) is 17.0 Å². The van der Waals surface area contributed by atoms with E-state index in [0.29, 0.717) is 5.69 Å². The van der Waals surface area contributed by atoms with Crippen molar-refractivity contribution in [1.82, 2.24) is 0 Å². The van der Waals surface area contributed by atoms with Gasteiger partial charge < -0.3 is 10.2 Å². The first kappa shape index (κ1) is 13.6. The van der Waals surface area contributed by atoms with Crippen LogP contribution in [0.4, 0.5) is 5.69 Å². The van der Waals surface area contributed by atoms with Gasteiger partial charge in [0.2, 0.25) is 0 Å². The number of hydrogen-bond acceptors (Lipinski definition) is 4. The molecule has 0 unspecified atom stereocenters. The van der Waals surface area contributed by atoms with Crippen molar-refractivity contribution in [3.05, 3.63) is 59.7 Å². The molecule has 0 atom stereocenters. The lowest BCUT2D eigenvalue weighted by Gasteiger charge is -2.04. The van der Waals surface area contributed by atoms with Gasteiger partial charge in [0, 0.05) is 0 Å². The number of carboxylic acids is 1. The number of carboxylic acid groups (broad SMARTS) is 1. The molecule has 5 heteroatoms. The number of phenolic OH excluding ortho intramolecular Hbond substituents is 1. The number of benzene rings is 2. The molecule has 0 heterocycles. The molecule has 0 aliphatic rings. The SMILES string of the molecule is CC(=NNc1ccc(C(=O)O)cc1)c1ccc(O)cc1. The van der Waals surface area contributed by atoms with Gasteiger partial charge in [-0.25, -0.2) is 4.79 Å². The minimum atomic E-state index is -0.958. The van der Waals surface area contributed by atoms with E-state index in [1.165, 1.54) is 12.1 Å². The summed E-state index contributed by atoms with van der Waals surface area (Å²) in [5.74, 6) is -0.751. The van der Waals surface area contributed by atoms with Gasteiger partial charge >= 0.3 is 5.97 Å². The normalized spacial score (nSPS) is 11.2. The van der Waals surface area contributed by atoms with Crippen LogP contribution < -0.4 is 5.43 Å². The maximum absolute atomic E-state index is 10.7. The van der Waals surface area contributed by atoms with E-state index in [2.05, 4.69) is 10.5 Å². The van der Waals surface area contributed by atoms with Gasteiger partial charge in [0.15, 0.2) is 0 Å². The molecule has 0 saturated carbocycles. The Morgan fingerprint density at radius 3 is 2.10 bits per heavy atom. The highest BCUT2D eigenvalue weighted by atomic mass is 16.4. The first-order valence-corrected chi connectivity index (χ1v) is 5.99. The second kappa shape index (κ2) is 5.88. The highest BCUT2D eigenvalue weighted by molar-refractivity contribution is 5.99. The molecule has 2 rings (SSSR count). The number of anilines is 1. The average Bonchev–Trinajstić information content (AvgIpc) is 2.46. The molecule has 102 valence electrons. The van der Waals surface area contributed by atoms with E-state index in [4.69, 9.17) is 5.11 Å². The molecule has 0 fully saturated rings. The number of hydrogen-bond donors (Lipinski definition) is 3. The summed E-state index contributed by atoms with van der Waals surface area (Å²) in [6, 6.07) is 13.0. The van der Waals surface area contributed by atoms with Crippen molar-refractivity contribution in [2.24, 2.45) is 5.10 Å². The van der Waals surface area contributed by atoms with Gasteiger partial charge in [-0.1, -0.05) is 0 Å². The molecule has 20 heavy (non-hydrogen) atoms. The highest BCUT2D eigenvalue weighted by Gasteiger charge is 2.01. The number of carbonyl (C=O) groups is 1. The third-order valence-electron chi connectivity index (χ3n) is 2.77. The number of nitrogens with one attached hydrogen (secondary N) is 1. The van der Waals surface area contributed by atoms with Crippen molar-refractivity contribution >= 4 is 17.4 Å². The van der Waals surface area contributed by atoms with Gasteiger partial charge in [-0.05, 0) is 61.0 Å². The van der Waals surface area contributed by atoms with E-state index >= 15 is 0 Å². The Balaban J connectivity index is 2.08. The lowest BCUT2D eigenvalue weighted by molar-refractivity contribution is 0.0697. The Hall–Kier alpha value is -2.82. The molecular weight excluding hydrogens is 256 g/mol. The zero-order valence-corrected chi connectivity index (χ0v) is 10.9. The minimum Gasteiger partial charge on any atom is -0.508 e. The third kappa shape index (κ3) is 3.35. The molecule has 0 aliphatic heterocycles. The Kier molecular flexibility index (Phi) is 4.00. The van der Waals surface area contributed by atoms with Crippen molar-refractivity contribution < 1.29 is 15.0 Å². The van der Waals surface area contributed by atoms with Crippen LogP contribution >= 0.6 is 0 Å². The summed E-state index contributed by atoms with van der Waals surface area (Å²) in [4.78, 5) is 10.7. The second-order valence-electron chi connectivity index (χ2n) is 4.24. The lowest BCUT2D eigenvalue weighted by Crippen LogP contribution is -2.00. The number of aromatic carboxylic acids is 1. The van der Waals surface area contributed by atoms with Crippen molar-refractivity contribution in [2.75, 3.05) is 5.43 Å². The number of rotatable bonds is 4. The van der Waals surface area contributed by atoms with Crippen molar-refractivity contribution in [2.45, 2.75) is 6.92 Å². The molecule has 2 aromatic rings. The van der Waals surface area contributed by atoms with Crippen LogP contribution in [0, 0.1) is 0 Å². The molecule has 3 N–H and O–H groups in total. The van der Waals surface area contributed by atoms with Gasteiger partial charge in [-0.3, -0.25) is 5.43 Å². The summed E-state index contributed by atoms with van der Waals surface area (Å²) in [6.45, 7) is 1.84. The number of aromatic hydroxyl groups is 1. The first-order valence-electron chi connectivity index (χ1n) is 5.99. The third-order valence-corrected chi connectivity index (χ3v) is 2.77. The van der Waals surface area contributed by atoms with E-state index in [1.807, 2.05) is 6.92 Å². The summed E-state index contributed by atoms with van der Waals surface area (Å²) in [7, 11) is 0. The van der Waals surface area contributed by atoms with Gasteiger partial charge in [0.1, 0.15) is 5.75 Å². The van der Waals surface area contributed by atoms with Crippen LogP contribution in [-0.2, 0) is 0 Å². The summed E-state index contributed by atoms with van der Waals surface area (Å²) in [5.41, 5.74) is 5.43. The summed E-state index contributed by atoms with van der Waals surface area (Å²) >= 11 is 0. The number of phenols is 1. The summed E-state index contributed by atoms with van der Waals surface area (Å²) in [6.07, 6.45) is 0. The van der Waals surface area contributed by atoms with Crippen LogP contribution in [0.15, 0.2) is 53.6 Å². The molecule has 0 radical (unpaired) electrons. The first-order chi connectivity index (χ1) is 9.56. The van der Waals surface area contributed by atoms with Crippen LogP contribution in [0.5, 0.6) is 5.75 Å². The Labute approximate surface area is 116 Å². The van der Waals surface area contributed by atoms with Crippen LogP contribution in [-0.4, -0.2) is 21.9 Å². The predicted molar refractivity (Wildman–Crippen MR) is 77.3 cm³/mol. The number of hydrazone groups is 1. The fourth-order valence-electron chi connectivity index (χ4n) is 1.60. The standard InChI is InChI=1S/C15H14N2O3/c1-10(11-4-8-14(18)9-5-11)16-17-13-6-2-12(3-7-13)15(19)20/h2-9,17-18H,1H3,(H,19,20). The Morgan fingerprint density at radius 2 is 1.55 bits per heavy atom. The Bertz CT molecular complexity index is 631. The second-order valence-corrected chi connectivity index (χ2v) is 4.24. The fourth-order valence-corrected chi connectivity index (χ4v) is 1.60. The smallest absolute Gasteiger partial charge is 0.335 e. The van der Waals surface area contributed by atoms with Crippen LogP contribution in [0.2, 0.25) is 0 Å². The van der Waals surface area contributed by atoms with E-state index in [0.717, 1.165) is 11.3 Å². The topological polar surface area (TPSA) is 81.9 Å². The largest absolute Gasteiger partial charge is 0.508 e. The molecule has 0 bridgehead atoms. The molecule has 0 aliphatic carbocycles. The Morgan fingerprint density at radius 1 is 1.00 bits per heavy atom. The minimum absolute atomic E-state index is 0.207. The summed E-state index contributed by atoms with van der Waals surface area (Å²) < 4.78 is 0. The molecule has 0 aromatic heterocycles. The van der Waals surface area contributed by atoms with Gasteiger partial charge in [0.25, 0.3) is 0 Å². The van der Waals surface area contributed by atoms with Crippen LogP contribution in [0.3, 0.4) is 0 Å². The predicted octanol–water partition coefficient (Wildman–Crippen LogP) is 2.93. The zero-order chi connectivity index (χ0) is 14.5. The quantitative estimate of drug-likeness (QED) is 0.589. The van der Waals surface area contributed by atoms with Crippen LogP contribution in [0.1, 0.15) is 22.8 Å². The fraction of sp³-hybridized carbons (Fsp3) is 0.0667. The van der Waals surface area contributed by atoms with E-state index in [-0.39, 0.29) is 11.3 Å². The maximum atomic E-state index is 10.7. The average molecular weight is 270 g/mol. The molecule has 5 nitrogen and oxygen atoms in total. The maximum Gasteiger partial charge on any atom is 0.335 e. The van der Waals surface area contributed by atoms with E-state index < -0.39 is 5.97 Å². The van der Waals surface area contributed by atoms with Crippen LogP contribution in [0.25, 0.3) is 0 Å². The molecule has 0 saturated heterocycles. The van der Waals surface area contributed by atoms with Crippen molar-refractivity contribution in [3.63, 3.8) is 0 Å². The molecule has 0 amide bonds. The van der Waals surface area contributed by atoms with E-state index in [9.17, 15) is 9.90 Å². The van der Waals surface area contributed by atoms with Crippen molar-refractivity contribution in [1.29, 1.82) is 0 Å². The number of nitrogens with zero attached hydrogens (tertiary/aromatic N) is 1. The lowest BCUT2D eigenvalue weighted by atomic mass is 10.1. The highest BCUT2D eigenvalue weighted by Crippen LogP contribution is 2.12. The molecule has 2 aromatic carbocycles. The molecular formula is C15H14N2O3.